The molecule has 114 valence electrons. The van der Waals surface area contributed by atoms with Crippen molar-refractivity contribution in [3.8, 4) is 0 Å². The predicted molar refractivity (Wildman–Crippen MR) is 85.5 cm³/mol. The maximum atomic E-state index is 13.7. The average molecular weight is 279 g/mol. The molecule has 0 bridgehead atoms. The Kier molecular flexibility index (Phi) is 8.52. The van der Waals surface area contributed by atoms with E-state index in [0.717, 1.165) is 24.1 Å². The van der Waals surface area contributed by atoms with Gasteiger partial charge in [0, 0.05) is 6.04 Å². The molecule has 1 N–H and O–H groups in total. The molecular formula is C18H30FN. The van der Waals surface area contributed by atoms with Crippen molar-refractivity contribution in [2.75, 3.05) is 6.54 Å². The van der Waals surface area contributed by atoms with Gasteiger partial charge in [0.1, 0.15) is 5.82 Å². The molecule has 1 unspecified atom stereocenters. The highest BCUT2D eigenvalue weighted by Crippen LogP contribution is 2.22. The first-order valence-electron chi connectivity index (χ1n) is 8.18. The van der Waals surface area contributed by atoms with Crippen molar-refractivity contribution in [3.05, 3.63) is 35.1 Å². The Morgan fingerprint density at radius 1 is 1.05 bits per heavy atom. The number of halogens is 1. The van der Waals surface area contributed by atoms with E-state index in [1.807, 2.05) is 13.0 Å². The van der Waals surface area contributed by atoms with Crippen LogP contribution in [-0.4, -0.2) is 6.54 Å². The van der Waals surface area contributed by atoms with E-state index in [0.29, 0.717) is 6.04 Å². The molecule has 0 saturated heterocycles. The Hall–Kier alpha value is -0.890. The van der Waals surface area contributed by atoms with Gasteiger partial charge in [-0.15, -0.1) is 0 Å². The molecule has 0 aliphatic rings. The minimum Gasteiger partial charge on any atom is -0.310 e. The summed E-state index contributed by atoms with van der Waals surface area (Å²) >= 11 is 0. The quantitative estimate of drug-likeness (QED) is 0.555. The second-order valence-corrected chi connectivity index (χ2v) is 5.68. The van der Waals surface area contributed by atoms with Gasteiger partial charge in [-0.25, -0.2) is 4.39 Å². The van der Waals surface area contributed by atoms with E-state index in [9.17, 15) is 4.39 Å². The van der Waals surface area contributed by atoms with E-state index in [1.165, 1.54) is 38.5 Å². The minimum atomic E-state index is -0.0895. The van der Waals surface area contributed by atoms with E-state index in [2.05, 4.69) is 25.2 Å². The maximum Gasteiger partial charge on any atom is 0.126 e. The van der Waals surface area contributed by atoms with Gasteiger partial charge in [-0.2, -0.15) is 0 Å². The summed E-state index contributed by atoms with van der Waals surface area (Å²) in [6, 6.07) is 5.93. The number of nitrogens with one attached hydrogen (secondary N) is 1. The highest BCUT2D eigenvalue weighted by molar-refractivity contribution is 5.25. The van der Waals surface area contributed by atoms with Crippen LogP contribution in [0.1, 0.15) is 76.0 Å². The number of unbranched alkanes of at least 4 members (excludes halogenated alkanes) is 5. The topological polar surface area (TPSA) is 12.0 Å². The third-order valence-electron chi connectivity index (χ3n) is 3.90. The number of benzene rings is 1. The Labute approximate surface area is 124 Å². The van der Waals surface area contributed by atoms with Gasteiger partial charge in [-0.1, -0.05) is 64.5 Å². The molecule has 20 heavy (non-hydrogen) atoms. The molecule has 2 heteroatoms. The van der Waals surface area contributed by atoms with Crippen LogP contribution in [0.4, 0.5) is 4.39 Å². The molecule has 1 aromatic rings. The van der Waals surface area contributed by atoms with Crippen LogP contribution in [0.3, 0.4) is 0 Å². The average Bonchev–Trinajstić information content (AvgIpc) is 2.44. The standard InChI is InChI=1S/C18H30FN/c1-4-6-7-8-9-10-11-18(20-5-2)16-13-12-15(3)17(19)14-16/h12-14,18,20H,4-11H2,1-3H3. The van der Waals surface area contributed by atoms with Crippen molar-refractivity contribution in [2.24, 2.45) is 0 Å². The van der Waals surface area contributed by atoms with Gasteiger partial charge < -0.3 is 5.32 Å². The summed E-state index contributed by atoms with van der Waals surface area (Å²) in [5, 5.41) is 3.48. The largest absolute Gasteiger partial charge is 0.310 e. The molecule has 1 rings (SSSR count). The van der Waals surface area contributed by atoms with E-state index in [4.69, 9.17) is 0 Å². The molecule has 0 aliphatic heterocycles. The third kappa shape index (κ3) is 6.04. The third-order valence-corrected chi connectivity index (χ3v) is 3.90. The van der Waals surface area contributed by atoms with Gasteiger partial charge in [0.2, 0.25) is 0 Å². The van der Waals surface area contributed by atoms with Crippen LogP contribution in [0.2, 0.25) is 0 Å². The molecule has 0 saturated carbocycles. The van der Waals surface area contributed by atoms with E-state index < -0.39 is 0 Å². The normalized spacial score (nSPS) is 12.6. The molecule has 0 amide bonds. The fourth-order valence-electron chi connectivity index (χ4n) is 2.59. The molecule has 1 nitrogen and oxygen atoms in total. The van der Waals surface area contributed by atoms with Crippen molar-refractivity contribution < 1.29 is 4.39 Å². The second kappa shape index (κ2) is 9.93. The summed E-state index contributed by atoms with van der Waals surface area (Å²) in [6.07, 6.45) is 8.93. The molecule has 0 spiro atoms. The summed E-state index contributed by atoms with van der Waals surface area (Å²) in [5.74, 6) is -0.0895. The van der Waals surface area contributed by atoms with Crippen LogP contribution in [0.5, 0.6) is 0 Å². The zero-order valence-electron chi connectivity index (χ0n) is 13.3. The maximum absolute atomic E-state index is 13.7. The molecule has 0 heterocycles. The summed E-state index contributed by atoms with van der Waals surface area (Å²) < 4.78 is 13.7. The van der Waals surface area contributed by atoms with Gasteiger partial charge in [0.15, 0.2) is 0 Å². The second-order valence-electron chi connectivity index (χ2n) is 5.68. The molecule has 0 aliphatic carbocycles. The van der Waals surface area contributed by atoms with Crippen molar-refractivity contribution in [2.45, 2.75) is 71.8 Å². The lowest BCUT2D eigenvalue weighted by molar-refractivity contribution is 0.474. The summed E-state index contributed by atoms with van der Waals surface area (Å²) in [5.41, 5.74) is 1.81. The predicted octanol–water partition coefficient (Wildman–Crippen LogP) is 5.54. The Balaban J connectivity index is 2.45. The highest BCUT2D eigenvalue weighted by Gasteiger charge is 2.11. The highest BCUT2D eigenvalue weighted by atomic mass is 19.1. The zero-order chi connectivity index (χ0) is 14.8. The summed E-state index contributed by atoms with van der Waals surface area (Å²) in [7, 11) is 0. The Morgan fingerprint density at radius 2 is 1.75 bits per heavy atom. The van der Waals surface area contributed by atoms with Gasteiger partial charge in [0.05, 0.1) is 0 Å². The van der Waals surface area contributed by atoms with Crippen LogP contribution in [0, 0.1) is 12.7 Å². The molecule has 0 fully saturated rings. The Bertz CT molecular complexity index is 376. The smallest absolute Gasteiger partial charge is 0.126 e. The van der Waals surface area contributed by atoms with Crippen LogP contribution in [0.15, 0.2) is 18.2 Å². The number of hydrogen-bond donors (Lipinski definition) is 1. The molecule has 0 radical (unpaired) electrons. The molecule has 1 atom stereocenters. The van der Waals surface area contributed by atoms with E-state index >= 15 is 0 Å². The van der Waals surface area contributed by atoms with Crippen LogP contribution >= 0.6 is 0 Å². The first-order valence-corrected chi connectivity index (χ1v) is 8.18. The van der Waals surface area contributed by atoms with Crippen LogP contribution < -0.4 is 5.32 Å². The van der Waals surface area contributed by atoms with Crippen molar-refractivity contribution in [1.29, 1.82) is 0 Å². The molecule has 0 aromatic heterocycles. The van der Waals surface area contributed by atoms with Crippen LogP contribution in [0.25, 0.3) is 0 Å². The Morgan fingerprint density at radius 3 is 2.40 bits per heavy atom. The van der Waals surface area contributed by atoms with Gasteiger partial charge in [-0.05, 0) is 37.1 Å². The summed E-state index contributed by atoms with van der Waals surface area (Å²) in [4.78, 5) is 0. The minimum absolute atomic E-state index is 0.0895. The molecule has 1 aromatic carbocycles. The number of hydrogen-bond acceptors (Lipinski definition) is 1. The van der Waals surface area contributed by atoms with Crippen molar-refractivity contribution in [1.82, 2.24) is 5.32 Å². The number of rotatable bonds is 10. The summed E-state index contributed by atoms with van der Waals surface area (Å²) in [6.45, 7) is 7.09. The van der Waals surface area contributed by atoms with Gasteiger partial charge in [0.25, 0.3) is 0 Å². The van der Waals surface area contributed by atoms with Crippen LogP contribution in [-0.2, 0) is 0 Å². The van der Waals surface area contributed by atoms with Crippen molar-refractivity contribution >= 4 is 0 Å². The lowest BCUT2D eigenvalue weighted by atomic mass is 9.98. The molecular weight excluding hydrogens is 249 g/mol. The van der Waals surface area contributed by atoms with Gasteiger partial charge in [-0.3, -0.25) is 0 Å². The SMILES string of the molecule is CCCCCCCCC(NCC)c1ccc(C)c(F)c1. The van der Waals surface area contributed by atoms with E-state index in [1.54, 1.807) is 6.07 Å². The first-order chi connectivity index (χ1) is 9.69. The fraction of sp³-hybridized carbons (Fsp3) is 0.667. The fourth-order valence-corrected chi connectivity index (χ4v) is 2.59. The van der Waals surface area contributed by atoms with E-state index in [-0.39, 0.29) is 5.82 Å². The zero-order valence-corrected chi connectivity index (χ0v) is 13.3. The monoisotopic (exact) mass is 279 g/mol. The first kappa shape index (κ1) is 17.2. The lowest BCUT2D eigenvalue weighted by Gasteiger charge is -2.19. The van der Waals surface area contributed by atoms with Gasteiger partial charge >= 0.3 is 0 Å². The number of aryl methyl sites for hydroxylation is 1. The lowest BCUT2D eigenvalue weighted by Crippen LogP contribution is -2.21. The van der Waals surface area contributed by atoms with Crippen molar-refractivity contribution in [3.63, 3.8) is 0 Å².